The molecule has 4 rings (SSSR count). The Morgan fingerprint density at radius 1 is 0.654 bits per heavy atom. The minimum absolute atomic E-state index is 0.114. The van der Waals surface area contributed by atoms with Crippen molar-refractivity contribution in [1.29, 1.82) is 0 Å². The van der Waals surface area contributed by atoms with Crippen LogP contribution in [0.2, 0.25) is 0 Å². The molecule has 3 amide bonds. The molecule has 3 aliphatic rings. The molecule has 0 aromatic heterocycles. The lowest BCUT2D eigenvalue weighted by molar-refractivity contribution is 0.0633. The third-order valence-corrected chi connectivity index (χ3v) is 6.06. The van der Waals surface area contributed by atoms with E-state index in [-0.39, 0.29) is 11.9 Å². The van der Waals surface area contributed by atoms with Crippen molar-refractivity contribution in [3.05, 3.63) is 34.9 Å². The lowest BCUT2D eigenvalue weighted by Gasteiger charge is -2.38. The molecule has 5 heteroatoms. The maximum atomic E-state index is 12.9. The van der Waals surface area contributed by atoms with E-state index in [0.717, 1.165) is 44.3 Å². The summed E-state index contributed by atoms with van der Waals surface area (Å²) in [6.07, 6.45) is 8.17. The zero-order valence-electron chi connectivity index (χ0n) is 15.6. The van der Waals surface area contributed by atoms with Crippen molar-refractivity contribution in [3.8, 4) is 0 Å². The maximum absolute atomic E-state index is 12.9. The Morgan fingerprint density at radius 3 is 2.00 bits per heavy atom. The third-order valence-electron chi connectivity index (χ3n) is 6.06. The van der Waals surface area contributed by atoms with Crippen LogP contribution in [0.3, 0.4) is 0 Å². The van der Waals surface area contributed by atoms with E-state index in [1.807, 2.05) is 20.8 Å². The number of carbonyl (C=O) groups is 2. The molecule has 2 aliphatic heterocycles. The number of fused-ring (bicyclic) bond motifs is 1. The van der Waals surface area contributed by atoms with Crippen LogP contribution in [-0.2, 0) is 12.8 Å². The van der Waals surface area contributed by atoms with E-state index in [2.05, 4.69) is 12.1 Å². The van der Waals surface area contributed by atoms with Crippen molar-refractivity contribution in [2.75, 3.05) is 39.3 Å². The van der Waals surface area contributed by atoms with Gasteiger partial charge in [-0.15, -0.1) is 0 Å². The number of piperazine rings is 1. The van der Waals surface area contributed by atoms with Gasteiger partial charge in [0.1, 0.15) is 0 Å². The minimum atomic E-state index is 0.114. The number of carbonyl (C=O) groups excluding carboxylic acids is 2. The number of hydrogen-bond acceptors (Lipinski definition) is 2. The van der Waals surface area contributed by atoms with E-state index in [1.54, 1.807) is 0 Å². The second-order valence-electron chi connectivity index (χ2n) is 7.80. The fourth-order valence-electron chi connectivity index (χ4n) is 4.44. The first-order valence-electron chi connectivity index (χ1n) is 10.2. The van der Waals surface area contributed by atoms with Crippen LogP contribution in [0.25, 0.3) is 0 Å². The van der Waals surface area contributed by atoms with Gasteiger partial charge in [0.15, 0.2) is 0 Å². The number of likely N-dealkylation sites (tertiary alicyclic amines) is 1. The molecule has 0 atom stereocenters. The van der Waals surface area contributed by atoms with Gasteiger partial charge in [-0.1, -0.05) is 6.07 Å². The lowest BCUT2D eigenvalue weighted by Crippen LogP contribution is -2.54. The van der Waals surface area contributed by atoms with Crippen LogP contribution in [0.4, 0.5) is 4.79 Å². The van der Waals surface area contributed by atoms with Gasteiger partial charge >= 0.3 is 6.03 Å². The second-order valence-corrected chi connectivity index (χ2v) is 7.80. The standard InChI is InChI=1S/C21H29N3O2/c25-20(19-9-8-17-6-2-3-7-18(17)16-19)22-12-14-24(15-13-22)21(26)23-10-4-1-5-11-23/h8-9,16H,1-7,10-15H2. The van der Waals surface area contributed by atoms with Crippen LogP contribution in [0.5, 0.6) is 0 Å². The average molecular weight is 355 g/mol. The molecule has 0 radical (unpaired) electrons. The highest BCUT2D eigenvalue weighted by Crippen LogP contribution is 2.23. The number of amides is 3. The molecule has 0 bridgehead atoms. The van der Waals surface area contributed by atoms with Crippen molar-refractivity contribution < 1.29 is 9.59 Å². The Morgan fingerprint density at radius 2 is 1.27 bits per heavy atom. The summed E-state index contributed by atoms with van der Waals surface area (Å²) in [5, 5.41) is 0. The molecule has 26 heavy (non-hydrogen) atoms. The highest BCUT2D eigenvalue weighted by Gasteiger charge is 2.28. The zero-order valence-corrected chi connectivity index (χ0v) is 15.6. The highest BCUT2D eigenvalue weighted by atomic mass is 16.2. The predicted octanol–water partition coefficient (Wildman–Crippen LogP) is 2.93. The lowest BCUT2D eigenvalue weighted by atomic mass is 9.90. The second kappa shape index (κ2) is 7.68. The number of piperidine rings is 1. The Labute approximate surface area is 155 Å². The smallest absolute Gasteiger partial charge is 0.320 e. The van der Waals surface area contributed by atoms with Crippen molar-refractivity contribution in [1.82, 2.24) is 14.7 Å². The normalized spacial score (nSPS) is 20.7. The van der Waals surface area contributed by atoms with E-state index in [0.29, 0.717) is 26.2 Å². The van der Waals surface area contributed by atoms with Crippen molar-refractivity contribution in [3.63, 3.8) is 0 Å². The highest BCUT2D eigenvalue weighted by molar-refractivity contribution is 5.94. The fourth-order valence-corrected chi connectivity index (χ4v) is 4.44. The number of benzene rings is 1. The predicted molar refractivity (Wildman–Crippen MR) is 101 cm³/mol. The van der Waals surface area contributed by atoms with Crippen LogP contribution in [0.15, 0.2) is 18.2 Å². The largest absolute Gasteiger partial charge is 0.335 e. The summed E-state index contributed by atoms with van der Waals surface area (Å²) >= 11 is 0. The van der Waals surface area contributed by atoms with Gasteiger partial charge in [-0.3, -0.25) is 4.79 Å². The molecule has 0 saturated carbocycles. The molecule has 0 N–H and O–H groups in total. The topological polar surface area (TPSA) is 43.9 Å². The Kier molecular flexibility index (Phi) is 5.14. The minimum Gasteiger partial charge on any atom is -0.335 e. The summed E-state index contributed by atoms with van der Waals surface area (Å²) in [6.45, 7) is 4.32. The van der Waals surface area contributed by atoms with Gasteiger partial charge < -0.3 is 14.7 Å². The van der Waals surface area contributed by atoms with Crippen LogP contribution >= 0.6 is 0 Å². The van der Waals surface area contributed by atoms with Crippen LogP contribution < -0.4 is 0 Å². The average Bonchev–Trinajstić information content (AvgIpc) is 2.73. The summed E-state index contributed by atoms with van der Waals surface area (Å²) in [5.41, 5.74) is 3.56. The monoisotopic (exact) mass is 355 g/mol. The van der Waals surface area contributed by atoms with Crippen molar-refractivity contribution in [2.24, 2.45) is 0 Å². The first-order valence-corrected chi connectivity index (χ1v) is 10.2. The molecule has 0 spiro atoms. The molecule has 2 fully saturated rings. The summed E-state index contributed by atoms with van der Waals surface area (Å²) < 4.78 is 0. The molecule has 2 heterocycles. The van der Waals surface area contributed by atoms with E-state index in [9.17, 15) is 9.59 Å². The third kappa shape index (κ3) is 3.57. The molecule has 140 valence electrons. The number of nitrogens with zero attached hydrogens (tertiary/aromatic N) is 3. The summed E-state index contributed by atoms with van der Waals surface area (Å²) in [6, 6.07) is 6.38. The number of hydrogen-bond donors (Lipinski definition) is 0. The Hall–Kier alpha value is -2.04. The molecule has 1 aromatic carbocycles. The van der Waals surface area contributed by atoms with Crippen LogP contribution in [0, 0.1) is 0 Å². The van der Waals surface area contributed by atoms with E-state index in [1.165, 1.54) is 30.4 Å². The van der Waals surface area contributed by atoms with Gasteiger partial charge in [0.2, 0.25) is 0 Å². The maximum Gasteiger partial charge on any atom is 0.320 e. The summed E-state index contributed by atoms with van der Waals surface area (Å²) in [4.78, 5) is 31.3. The number of aryl methyl sites for hydroxylation is 2. The van der Waals surface area contributed by atoms with Gasteiger partial charge in [0.05, 0.1) is 0 Å². The Balaban J connectivity index is 1.35. The zero-order chi connectivity index (χ0) is 17.9. The molecule has 1 aromatic rings. The quantitative estimate of drug-likeness (QED) is 0.777. The van der Waals surface area contributed by atoms with Gasteiger partial charge in [0.25, 0.3) is 5.91 Å². The number of rotatable bonds is 1. The van der Waals surface area contributed by atoms with Crippen LogP contribution in [0.1, 0.15) is 53.6 Å². The van der Waals surface area contributed by atoms with E-state index in [4.69, 9.17) is 0 Å². The summed E-state index contributed by atoms with van der Waals surface area (Å²) in [7, 11) is 0. The molecule has 5 nitrogen and oxygen atoms in total. The first kappa shape index (κ1) is 17.4. The van der Waals surface area contributed by atoms with Gasteiger partial charge in [0, 0.05) is 44.8 Å². The van der Waals surface area contributed by atoms with E-state index >= 15 is 0 Å². The van der Waals surface area contributed by atoms with Crippen molar-refractivity contribution in [2.45, 2.75) is 44.9 Å². The molecule has 1 aliphatic carbocycles. The summed E-state index contributed by atoms with van der Waals surface area (Å²) in [5.74, 6) is 0.114. The SMILES string of the molecule is O=C(c1ccc2c(c1)CCCC2)N1CCN(C(=O)N2CCCCC2)CC1. The van der Waals surface area contributed by atoms with Gasteiger partial charge in [-0.25, -0.2) is 4.79 Å². The van der Waals surface area contributed by atoms with Gasteiger partial charge in [-0.05, 0) is 68.2 Å². The van der Waals surface area contributed by atoms with Crippen LogP contribution in [-0.4, -0.2) is 65.9 Å². The Bertz CT molecular complexity index is 674. The molecule has 0 unspecified atom stereocenters. The fraction of sp³-hybridized carbons (Fsp3) is 0.619. The van der Waals surface area contributed by atoms with Crippen molar-refractivity contribution >= 4 is 11.9 Å². The van der Waals surface area contributed by atoms with E-state index < -0.39 is 0 Å². The van der Waals surface area contributed by atoms with Gasteiger partial charge in [-0.2, -0.15) is 0 Å². The molecule has 2 saturated heterocycles. The first-order chi connectivity index (χ1) is 12.7. The number of urea groups is 1. The molecular weight excluding hydrogens is 326 g/mol. The molecular formula is C21H29N3O2.